The molecule has 2 radical (unpaired) electrons. The van der Waals surface area contributed by atoms with E-state index in [4.69, 9.17) is 12.7 Å². The second kappa shape index (κ2) is 1.67. The molecule has 3 heteroatoms. The second-order valence-electron chi connectivity index (χ2n) is 4.45. The van der Waals surface area contributed by atoms with Crippen molar-refractivity contribution in [1.29, 1.82) is 0 Å². The molecule has 58 valence electrons. The highest BCUT2D eigenvalue weighted by Gasteiger charge is 2.61. The summed E-state index contributed by atoms with van der Waals surface area (Å²) in [5.41, 5.74) is 0.255. The van der Waals surface area contributed by atoms with Gasteiger partial charge in [0.1, 0.15) is 5.60 Å². The molecule has 1 spiro atoms. The first-order chi connectivity index (χ1) is 5.23. The van der Waals surface area contributed by atoms with E-state index >= 15 is 0 Å². The standard InChI is InChI=1S/C8H13BNO/c9-10-3-1-7(2-4-10)8(5-10)6-11-8/h7H,1-6H2/q+1. The SMILES string of the molecule is [B][N+]12CCC(CC1)C1(CO1)C2. The molecule has 4 heterocycles. The van der Waals surface area contributed by atoms with Gasteiger partial charge in [-0.2, -0.15) is 0 Å². The van der Waals surface area contributed by atoms with E-state index in [0.717, 1.165) is 23.5 Å². The van der Waals surface area contributed by atoms with E-state index < -0.39 is 0 Å². The van der Waals surface area contributed by atoms with Crippen molar-refractivity contribution >= 4 is 7.98 Å². The first kappa shape index (κ1) is 6.50. The van der Waals surface area contributed by atoms with E-state index in [-0.39, 0.29) is 5.60 Å². The Morgan fingerprint density at radius 2 is 2.00 bits per heavy atom. The van der Waals surface area contributed by atoms with E-state index in [1.54, 1.807) is 0 Å². The average Bonchev–Trinajstić information content (AvgIpc) is 2.69. The maximum absolute atomic E-state index is 6.17. The summed E-state index contributed by atoms with van der Waals surface area (Å²) in [5, 5.41) is 0. The van der Waals surface area contributed by atoms with Crippen molar-refractivity contribution < 1.29 is 9.13 Å². The van der Waals surface area contributed by atoms with Gasteiger partial charge in [0.2, 0.25) is 0 Å². The van der Waals surface area contributed by atoms with Crippen LogP contribution in [0.4, 0.5) is 0 Å². The van der Waals surface area contributed by atoms with Crippen LogP contribution in [0.1, 0.15) is 12.8 Å². The third-order valence-corrected chi connectivity index (χ3v) is 3.69. The molecule has 1 unspecified atom stereocenters. The molecular formula is C8H13BNO+. The Balaban J connectivity index is 1.93. The lowest BCUT2D eigenvalue weighted by Crippen LogP contribution is -2.63. The number of ether oxygens (including phenoxy) is 1. The van der Waals surface area contributed by atoms with Gasteiger partial charge < -0.3 is 9.13 Å². The number of hydrogen-bond donors (Lipinski definition) is 0. The number of quaternary nitrogens is 1. The first-order valence-electron chi connectivity index (χ1n) is 4.51. The molecule has 2 nitrogen and oxygen atoms in total. The second-order valence-corrected chi connectivity index (χ2v) is 4.45. The van der Waals surface area contributed by atoms with Crippen LogP contribution in [0.2, 0.25) is 0 Å². The molecule has 0 aliphatic carbocycles. The summed E-state index contributed by atoms with van der Waals surface area (Å²) in [4.78, 5) is 0. The molecule has 1 atom stereocenters. The lowest BCUT2D eigenvalue weighted by molar-refractivity contribution is -0.840. The highest BCUT2D eigenvalue weighted by Crippen LogP contribution is 2.48. The van der Waals surface area contributed by atoms with Gasteiger partial charge in [-0.1, -0.05) is 0 Å². The van der Waals surface area contributed by atoms with Gasteiger partial charge in [-0.05, 0) is 0 Å². The van der Waals surface area contributed by atoms with E-state index in [1.807, 2.05) is 0 Å². The Hall–Kier alpha value is -0.0151. The summed E-state index contributed by atoms with van der Waals surface area (Å²) < 4.78 is 6.33. The minimum absolute atomic E-state index is 0.255. The summed E-state index contributed by atoms with van der Waals surface area (Å²) in [6.07, 6.45) is 2.58. The van der Waals surface area contributed by atoms with E-state index in [1.165, 1.54) is 25.9 Å². The fourth-order valence-electron chi connectivity index (χ4n) is 2.85. The number of epoxide rings is 1. The largest absolute Gasteiger partial charge is 0.481 e. The summed E-state index contributed by atoms with van der Waals surface area (Å²) in [6.45, 7) is 4.41. The number of nitrogens with zero attached hydrogens (tertiary/aromatic N) is 1. The van der Waals surface area contributed by atoms with Gasteiger partial charge in [0.05, 0.1) is 26.2 Å². The van der Waals surface area contributed by atoms with Gasteiger partial charge in [-0.3, -0.25) is 0 Å². The Bertz CT molecular complexity index is 194. The smallest absolute Gasteiger partial charge is 0.394 e. The highest BCUT2D eigenvalue weighted by molar-refractivity contribution is 5.97. The van der Waals surface area contributed by atoms with Crippen molar-refractivity contribution in [2.75, 3.05) is 26.2 Å². The topological polar surface area (TPSA) is 12.5 Å². The van der Waals surface area contributed by atoms with Crippen LogP contribution in [0.3, 0.4) is 0 Å². The van der Waals surface area contributed by atoms with Crippen LogP contribution >= 0.6 is 0 Å². The van der Waals surface area contributed by atoms with Crippen molar-refractivity contribution in [2.24, 2.45) is 5.92 Å². The summed E-state index contributed by atoms with van der Waals surface area (Å²) in [5.74, 6) is 0.839. The molecule has 4 aliphatic rings. The summed E-state index contributed by atoms with van der Waals surface area (Å²) in [7, 11) is 6.17. The zero-order valence-electron chi connectivity index (χ0n) is 6.75. The number of piperidine rings is 3. The first-order valence-corrected chi connectivity index (χ1v) is 4.51. The predicted octanol–water partition coefficient (Wildman–Crippen LogP) is 0.0793. The molecule has 0 N–H and O–H groups in total. The maximum Gasteiger partial charge on any atom is 0.481 e. The molecular weight excluding hydrogens is 137 g/mol. The molecule has 0 saturated carbocycles. The van der Waals surface area contributed by atoms with E-state index in [0.29, 0.717) is 0 Å². The van der Waals surface area contributed by atoms with Crippen LogP contribution in [0.25, 0.3) is 0 Å². The molecule has 2 bridgehead atoms. The molecule has 0 aromatic heterocycles. The molecule has 0 amide bonds. The predicted molar refractivity (Wildman–Crippen MR) is 42.0 cm³/mol. The number of fused-ring (bicyclic) bond motifs is 2. The normalized spacial score (nSPS) is 60.2. The van der Waals surface area contributed by atoms with Gasteiger partial charge in [0.25, 0.3) is 0 Å². The maximum atomic E-state index is 6.17. The van der Waals surface area contributed by atoms with Crippen LogP contribution in [0.15, 0.2) is 0 Å². The van der Waals surface area contributed by atoms with Gasteiger partial charge in [-0.25, -0.2) is 0 Å². The summed E-state index contributed by atoms with van der Waals surface area (Å²) >= 11 is 0. The minimum Gasteiger partial charge on any atom is -0.394 e. The van der Waals surface area contributed by atoms with Crippen LogP contribution in [-0.4, -0.2) is 44.2 Å². The van der Waals surface area contributed by atoms with Crippen LogP contribution < -0.4 is 0 Å². The molecule has 0 aromatic carbocycles. The minimum atomic E-state index is 0.255. The Kier molecular flexibility index (Phi) is 0.985. The number of hydrogen-bond acceptors (Lipinski definition) is 1. The van der Waals surface area contributed by atoms with Crippen molar-refractivity contribution in [3.63, 3.8) is 0 Å². The Morgan fingerprint density at radius 1 is 1.36 bits per heavy atom. The highest BCUT2D eigenvalue weighted by atomic mass is 16.6. The molecule has 4 saturated heterocycles. The van der Waals surface area contributed by atoms with Crippen LogP contribution in [0.5, 0.6) is 0 Å². The van der Waals surface area contributed by atoms with Crippen molar-refractivity contribution in [3.8, 4) is 0 Å². The summed E-state index contributed by atoms with van der Waals surface area (Å²) in [6, 6.07) is 0. The van der Waals surface area contributed by atoms with Crippen molar-refractivity contribution in [1.82, 2.24) is 0 Å². The zero-order chi connectivity index (χ0) is 7.53. The number of rotatable bonds is 0. The molecule has 4 fully saturated rings. The lowest BCUT2D eigenvalue weighted by atomic mass is 9.75. The fraction of sp³-hybridized carbons (Fsp3) is 1.00. The third-order valence-electron chi connectivity index (χ3n) is 3.69. The monoisotopic (exact) mass is 150 g/mol. The molecule has 4 rings (SSSR count). The van der Waals surface area contributed by atoms with Gasteiger partial charge in [-0.15, -0.1) is 0 Å². The zero-order valence-corrected chi connectivity index (χ0v) is 6.75. The fourth-order valence-corrected chi connectivity index (χ4v) is 2.85. The molecule has 4 aliphatic heterocycles. The van der Waals surface area contributed by atoms with Gasteiger partial charge in [0, 0.05) is 18.8 Å². The van der Waals surface area contributed by atoms with Crippen LogP contribution in [0, 0.1) is 5.92 Å². The Morgan fingerprint density at radius 3 is 2.36 bits per heavy atom. The molecule has 11 heavy (non-hydrogen) atoms. The van der Waals surface area contributed by atoms with Gasteiger partial charge >= 0.3 is 7.98 Å². The van der Waals surface area contributed by atoms with E-state index in [2.05, 4.69) is 0 Å². The third kappa shape index (κ3) is 0.758. The van der Waals surface area contributed by atoms with Crippen molar-refractivity contribution in [2.45, 2.75) is 18.4 Å². The quantitative estimate of drug-likeness (QED) is 0.352. The average molecular weight is 150 g/mol. The van der Waals surface area contributed by atoms with Crippen molar-refractivity contribution in [3.05, 3.63) is 0 Å². The molecule has 0 aromatic rings. The lowest BCUT2D eigenvalue weighted by Gasteiger charge is -2.50. The van der Waals surface area contributed by atoms with E-state index in [9.17, 15) is 0 Å². The van der Waals surface area contributed by atoms with Crippen LogP contribution in [-0.2, 0) is 4.74 Å². The Labute approximate surface area is 68.5 Å². The van der Waals surface area contributed by atoms with Gasteiger partial charge in [0.15, 0.2) is 0 Å².